The number of halogens is 1. The van der Waals surface area contributed by atoms with Gasteiger partial charge in [0.25, 0.3) is 0 Å². The van der Waals surface area contributed by atoms with Crippen molar-refractivity contribution in [2.24, 2.45) is 0 Å². The normalized spacial score (nSPS) is 10.2. The molecule has 0 aromatic heterocycles. The molecule has 0 amide bonds. The van der Waals surface area contributed by atoms with E-state index in [1.807, 2.05) is 31.2 Å². The van der Waals surface area contributed by atoms with Crippen LogP contribution in [0.4, 0.5) is 5.69 Å². The Morgan fingerprint density at radius 3 is 2.62 bits per heavy atom. The first-order valence-corrected chi connectivity index (χ1v) is 7.74. The van der Waals surface area contributed by atoms with Crippen molar-refractivity contribution in [3.8, 4) is 0 Å². The quantitative estimate of drug-likeness (QED) is 0.774. The van der Waals surface area contributed by atoms with Crippen molar-refractivity contribution in [1.29, 1.82) is 0 Å². The van der Waals surface area contributed by atoms with Gasteiger partial charge in [-0.2, -0.15) is 0 Å². The predicted molar refractivity (Wildman–Crippen MR) is 88.5 cm³/mol. The zero-order chi connectivity index (χ0) is 15.1. The number of nitrogens with one attached hydrogen (secondary N) is 1. The van der Waals surface area contributed by atoms with E-state index in [1.54, 1.807) is 12.1 Å². The van der Waals surface area contributed by atoms with Crippen molar-refractivity contribution < 1.29 is 9.53 Å². The first-order valence-electron chi connectivity index (χ1n) is 6.94. The first-order chi connectivity index (χ1) is 10.2. The lowest BCUT2D eigenvalue weighted by Crippen LogP contribution is -2.06. The largest absolute Gasteiger partial charge is 0.462 e. The smallest absolute Gasteiger partial charge is 0.338 e. The second-order valence-corrected chi connectivity index (χ2v) is 5.61. The van der Waals surface area contributed by atoms with Crippen LogP contribution in [0.3, 0.4) is 0 Å². The molecule has 0 atom stereocenters. The van der Waals surface area contributed by atoms with Crippen LogP contribution in [-0.2, 0) is 11.3 Å². The summed E-state index contributed by atoms with van der Waals surface area (Å²) in [5.74, 6) is -0.268. The van der Waals surface area contributed by atoms with Gasteiger partial charge in [0, 0.05) is 16.7 Å². The van der Waals surface area contributed by atoms with Crippen molar-refractivity contribution in [3.63, 3.8) is 0 Å². The Balaban J connectivity index is 1.92. The van der Waals surface area contributed by atoms with E-state index < -0.39 is 0 Å². The number of hydrogen-bond donors (Lipinski definition) is 1. The molecular weight excluding hydrogens is 330 g/mol. The van der Waals surface area contributed by atoms with Gasteiger partial charge in [-0.05, 0) is 48.4 Å². The monoisotopic (exact) mass is 347 g/mol. The third kappa shape index (κ3) is 4.90. The van der Waals surface area contributed by atoms with Gasteiger partial charge in [-0.25, -0.2) is 4.79 Å². The standard InChI is InChI=1S/C17H18BrNO2/c1-2-10-21-17(20)14-6-8-16(9-7-14)19-12-13-4-3-5-15(18)11-13/h3-9,11,19H,2,10,12H2,1H3. The molecule has 1 N–H and O–H groups in total. The van der Waals surface area contributed by atoms with Gasteiger partial charge >= 0.3 is 5.97 Å². The summed E-state index contributed by atoms with van der Waals surface area (Å²) in [5.41, 5.74) is 2.74. The molecule has 0 fully saturated rings. The van der Waals surface area contributed by atoms with Gasteiger partial charge < -0.3 is 10.1 Å². The number of benzene rings is 2. The predicted octanol–water partition coefficient (Wildman–Crippen LogP) is 4.63. The summed E-state index contributed by atoms with van der Waals surface area (Å²) in [5, 5.41) is 3.32. The topological polar surface area (TPSA) is 38.3 Å². The third-order valence-corrected chi connectivity index (χ3v) is 3.44. The zero-order valence-corrected chi connectivity index (χ0v) is 13.5. The number of anilines is 1. The minimum atomic E-state index is -0.268. The van der Waals surface area contributed by atoms with Crippen LogP contribution in [0.1, 0.15) is 29.3 Å². The van der Waals surface area contributed by atoms with Crippen LogP contribution >= 0.6 is 15.9 Å². The summed E-state index contributed by atoms with van der Waals surface area (Å²) >= 11 is 3.46. The third-order valence-electron chi connectivity index (χ3n) is 2.94. The fraction of sp³-hybridized carbons (Fsp3) is 0.235. The van der Waals surface area contributed by atoms with Crippen LogP contribution in [0.5, 0.6) is 0 Å². The average molecular weight is 348 g/mol. The van der Waals surface area contributed by atoms with Crippen LogP contribution in [0, 0.1) is 0 Å². The Labute approximate surface area is 133 Å². The molecule has 110 valence electrons. The van der Waals surface area contributed by atoms with Gasteiger partial charge in [-0.15, -0.1) is 0 Å². The van der Waals surface area contributed by atoms with E-state index in [-0.39, 0.29) is 5.97 Å². The maximum absolute atomic E-state index is 11.7. The average Bonchev–Trinajstić information content (AvgIpc) is 2.51. The molecule has 0 saturated carbocycles. The van der Waals surface area contributed by atoms with Crippen molar-refractivity contribution in [1.82, 2.24) is 0 Å². The van der Waals surface area contributed by atoms with Crippen molar-refractivity contribution in [2.45, 2.75) is 19.9 Å². The molecule has 0 spiro atoms. The lowest BCUT2D eigenvalue weighted by molar-refractivity contribution is 0.0505. The van der Waals surface area contributed by atoms with Crippen molar-refractivity contribution in [3.05, 3.63) is 64.1 Å². The van der Waals surface area contributed by atoms with E-state index in [0.717, 1.165) is 23.1 Å². The van der Waals surface area contributed by atoms with Crippen LogP contribution in [0.15, 0.2) is 53.0 Å². The lowest BCUT2D eigenvalue weighted by Gasteiger charge is -2.08. The fourth-order valence-corrected chi connectivity index (χ4v) is 2.30. The maximum Gasteiger partial charge on any atom is 0.338 e. The fourth-order valence-electron chi connectivity index (χ4n) is 1.85. The summed E-state index contributed by atoms with van der Waals surface area (Å²) in [7, 11) is 0. The number of esters is 1. The summed E-state index contributed by atoms with van der Waals surface area (Å²) in [6, 6.07) is 15.5. The van der Waals surface area contributed by atoms with E-state index in [1.165, 1.54) is 5.56 Å². The van der Waals surface area contributed by atoms with Gasteiger partial charge in [-0.3, -0.25) is 0 Å². The van der Waals surface area contributed by atoms with E-state index in [9.17, 15) is 4.79 Å². The summed E-state index contributed by atoms with van der Waals surface area (Å²) in [4.78, 5) is 11.7. The summed E-state index contributed by atoms with van der Waals surface area (Å²) in [6.45, 7) is 3.17. The molecule has 0 bridgehead atoms. The van der Waals surface area contributed by atoms with E-state index in [2.05, 4.69) is 33.4 Å². The van der Waals surface area contributed by atoms with Crippen molar-refractivity contribution in [2.75, 3.05) is 11.9 Å². The van der Waals surface area contributed by atoms with Crippen LogP contribution in [0.2, 0.25) is 0 Å². The van der Waals surface area contributed by atoms with E-state index in [4.69, 9.17) is 4.74 Å². The SMILES string of the molecule is CCCOC(=O)c1ccc(NCc2cccc(Br)c2)cc1. The lowest BCUT2D eigenvalue weighted by atomic mass is 10.2. The summed E-state index contributed by atoms with van der Waals surface area (Å²) in [6.07, 6.45) is 0.831. The van der Waals surface area contributed by atoms with Crippen LogP contribution in [0.25, 0.3) is 0 Å². The molecule has 3 nitrogen and oxygen atoms in total. The van der Waals surface area contributed by atoms with Gasteiger partial charge in [0.05, 0.1) is 12.2 Å². The second-order valence-electron chi connectivity index (χ2n) is 4.70. The van der Waals surface area contributed by atoms with Crippen LogP contribution in [-0.4, -0.2) is 12.6 Å². The van der Waals surface area contributed by atoms with E-state index in [0.29, 0.717) is 12.2 Å². The maximum atomic E-state index is 11.7. The highest BCUT2D eigenvalue weighted by atomic mass is 79.9. The number of carbonyl (C=O) groups excluding carboxylic acids is 1. The molecule has 0 aliphatic carbocycles. The molecule has 0 saturated heterocycles. The molecule has 2 aromatic rings. The highest BCUT2D eigenvalue weighted by molar-refractivity contribution is 9.10. The van der Waals surface area contributed by atoms with Gasteiger partial charge in [-0.1, -0.05) is 35.0 Å². The number of carbonyl (C=O) groups is 1. The molecule has 0 aliphatic heterocycles. The molecular formula is C17H18BrNO2. The molecule has 2 rings (SSSR count). The Bertz CT molecular complexity index is 596. The van der Waals surface area contributed by atoms with Gasteiger partial charge in [0.1, 0.15) is 0 Å². The number of hydrogen-bond acceptors (Lipinski definition) is 3. The van der Waals surface area contributed by atoms with Crippen molar-refractivity contribution >= 4 is 27.6 Å². The van der Waals surface area contributed by atoms with Crippen LogP contribution < -0.4 is 5.32 Å². The molecule has 0 unspecified atom stereocenters. The minimum absolute atomic E-state index is 0.268. The minimum Gasteiger partial charge on any atom is -0.462 e. The molecule has 0 heterocycles. The Kier molecular flexibility index (Phi) is 5.81. The van der Waals surface area contributed by atoms with Gasteiger partial charge in [0.15, 0.2) is 0 Å². The highest BCUT2D eigenvalue weighted by Crippen LogP contribution is 2.15. The Hall–Kier alpha value is -1.81. The number of rotatable bonds is 6. The highest BCUT2D eigenvalue weighted by Gasteiger charge is 2.05. The Morgan fingerprint density at radius 1 is 1.19 bits per heavy atom. The Morgan fingerprint density at radius 2 is 1.95 bits per heavy atom. The molecule has 4 heteroatoms. The molecule has 2 aromatic carbocycles. The summed E-state index contributed by atoms with van der Waals surface area (Å²) < 4.78 is 6.16. The second kappa shape index (κ2) is 7.84. The molecule has 0 radical (unpaired) electrons. The first kappa shape index (κ1) is 15.6. The zero-order valence-electron chi connectivity index (χ0n) is 11.9. The molecule has 0 aliphatic rings. The molecule has 21 heavy (non-hydrogen) atoms. The number of ether oxygens (including phenoxy) is 1. The van der Waals surface area contributed by atoms with E-state index >= 15 is 0 Å². The van der Waals surface area contributed by atoms with Gasteiger partial charge in [0.2, 0.25) is 0 Å².